The van der Waals surface area contributed by atoms with Crippen molar-refractivity contribution in [2.75, 3.05) is 0 Å². The SMILES string of the molecule is c1ccc(-c2nc3cccc4c3n2-c2ccc(-c3ccc5c(c3)C3(c6ccccc6-5)c5ccccc5C5(c6ccccc6-c6ccccc65)c5ccccc53)cc2O4)cc1. The number of hydrogen-bond donors (Lipinski definition) is 0. The zero-order valence-corrected chi connectivity index (χ0v) is 32.4. The average Bonchev–Trinajstić information content (AvgIpc) is 3.95. The van der Waals surface area contributed by atoms with E-state index in [9.17, 15) is 0 Å². The van der Waals surface area contributed by atoms with E-state index in [0.29, 0.717) is 0 Å². The summed E-state index contributed by atoms with van der Waals surface area (Å²) in [5.41, 5.74) is 21.1. The average molecular weight is 763 g/mol. The summed E-state index contributed by atoms with van der Waals surface area (Å²) < 4.78 is 9.02. The van der Waals surface area contributed by atoms with Gasteiger partial charge in [-0.15, -0.1) is 0 Å². The van der Waals surface area contributed by atoms with Crippen molar-refractivity contribution in [1.29, 1.82) is 0 Å². The molecule has 10 aromatic rings. The summed E-state index contributed by atoms with van der Waals surface area (Å²) in [6, 6.07) is 76.2. The number of fused-ring (bicyclic) bond motifs is 18. The van der Waals surface area contributed by atoms with Crippen molar-refractivity contribution in [1.82, 2.24) is 9.55 Å². The maximum Gasteiger partial charge on any atom is 0.153 e. The number of benzene rings is 9. The predicted octanol–water partition coefficient (Wildman–Crippen LogP) is 13.5. The second-order valence-electron chi connectivity index (χ2n) is 16.5. The number of hydrogen-bond acceptors (Lipinski definition) is 2. The second kappa shape index (κ2) is 11.5. The number of ether oxygens (including phenoxy) is 1. The zero-order chi connectivity index (χ0) is 39.2. The first kappa shape index (κ1) is 32.2. The maximum atomic E-state index is 6.76. The van der Waals surface area contributed by atoms with E-state index in [1.54, 1.807) is 0 Å². The number of imidazole rings is 1. The molecule has 278 valence electrons. The van der Waals surface area contributed by atoms with Gasteiger partial charge in [-0.05, 0) is 108 Å². The molecule has 4 aliphatic rings. The lowest BCUT2D eigenvalue weighted by Crippen LogP contribution is -2.43. The number of nitrogens with zero attached hydrogens (tertiary/aromatic N) is 2. The van der Waals surface area contributed by atoms with Gasteiger partial charge in [0.1, 0.15) is 11.3 Å². The Morgan fingerprint density at radius 2 is 0.833 bits per heavy atom. The first-order valence-electron chi connectivity index (χ1n) is 20.8. The third kappa shape index (κ3) is 3.79. The van der Waals surface area contributed by atoms with Crippen LogP contribution in [0, 0.1) is 0 Å². The van der Waals surface area contributed by atoms with Gasteiger partial charge in [-0.2, -0.15) is 0 Å². The van der Waals surface area contributed by atoms with E-state index in [1.165, 1.54) is 66.8 Å². The zero-order valence-electron chi connectivity index (χ0n) is 32.4. The topological polar surface area (TPSA) is 27.1 Å². The Kier molecular flexibility index (Phi) is 6.16. The maximum absolute atomic E-state index is 6.76. The summed E-state index contributed by atoms with van der Waals surface area (Å²) in [5.74, 6) is 2.54. The lowest BCUT2D eigenvalue weighted by Gasteiger charge is -2.48. The van der Waals surface area contributed by atoms with Crippen molar-refractivity contribution < 1.29 is 4.74 Å². The molecule has 0 bridgehead atoms. The molecular formula is C57H34N2O. The Morgan fingerprint density at radius 3 is 1.43 bits per heavy atom. The standard InChI is InChI=1S/C57H34N2O/c1-2-15-35(16-3-1)55-58-50-27-14-28-52-54(50)59(55)51-32-30-37(34-53(51)60-52)36-29-31-41-40-19-6-9-22-44(40)57(49(41)33-36)47-25-12-10-23-45(47)56(46-24-11-13-26-48(46)57)42-20-7-4-17-38(42)39-18-5-8-21-43(39)56/h1-34H. The Labute approximate surface area is 347 Å². The van der Waals surface area contributed by atoms with E-state index < -0.39 is 10.8 Å². The molecule has 0 fully saturated rings. The van der Waals surface area contributed by atoms with Crippen LogP contribution in [0.15, 0.2) is 206 Å². The van der Waals surface area contributed by atoms with Crippen LogP contribution < -0.4 is 4.74 Å². The van der Waals surface area contributed by atoms with Gasteiger partial charge in [-0.1, -0.05) is 176 Å². The van der Waals surface area contributed by atoms with Gasteiger partial charge in [0, 0.05) is 5.56 Å². The molecule has 3 aliphatic carbocycles. The van der Waals surface area contributed by atoms with Crippen molar-refractivity contribution in [3.05, 3.63) is 251 Å². The van der Waals surface area contributed by atoms with Gasteiger partial charge in [0.25, 0.3) is 0 Å². The van der Waals surface area contributed by atoms with Gasteiger partial charge in [0.05, 0.1) is 22.0 Å². The van der Waals surface area contributed by atoms with E-state index in [2.05, 4.69) is 193 Å². The molecule has 2 spiro atoms. The Bertz CT molecular complexity index is 3390. The molecule has 0 atom stereocenters. The molecule has 60 heavy (non-hydrogen) atoms. The van der Waals surface area contributed by atoms with Gasteiger partial charge < -0.3 is 4.74 Å². The summed E-state index contributed by atoms with van der Waals surface area (Å²) in [4.78, 5) is 5.11. The molecule has 0 N–H and O–H groups in total. The second-order valence-corrected chi connectivity index (χ2v) is 16.5. The molecule has 3 nitrogen and oxygen atoms in total. The highest BCUT2D eigenvalue weighted by atomic mass is 16.5. The van der Waals surface area contributed by atoms with Gasteiger partial charge in [0.2, 0.25) is 0 Å². The van der Waals surface area contributed by atoms with Crippen LogP contribution in [0.4, 0.5) is 0 Å². The smallest absolute Gasteiger partial charge is 0.153 e. The van der Waals surface area contributed by atoms with E-state index >= 15 is 0 Å². The van der Waals surface area contributed by atoms with Crippen molar-refractivity contribution >= 4 is 11.0 Å². The van der Waals surface area contributed by atoms with Crippen molar-refractivity contribution in [2.45, 2.75) is 10.8 Å². The molecule has 1 aromatic heterocycles. The van der Waals surface area contributed by atoms with E-state index in [0.717, 1.165) is 50.7 Å². The van der Waals surface area contributed by atoms with Crippen LogP contribution >= 0.6 is 0 Å². The molecule has 0 radical (unpaired) electrons. The van der Waals surface area contributed by atoms with Crippen LogP contribution in [0.25, 0.3) is 61.5 Å². The highest BCUT2D eigenvalue weighted by Gasteiger charge is 2.58. The summed E-state index contributed by atoms with van der Waals surface area (Å²) >= 11 is 0. The summed E-state index contributed by atoms with van der Waals surface area (Å²) in [7, 11) is 0. The Balaban J connectivity index is 1.02. The first-order valence-corrected chi connectivity index (χ1v) is 20.8. The molecule has 2 heterocycles. The number of para-hydroxylation sites is 1. The molecular weight excluding hydrogens is 729 g/mol. The molecule has 9 aromatic carbocycles. The molecule has 3 heteroatoms. The fraction of sp³-hybridized carbons (Fsp3) is 0.0351. The van der Waals surface area contributed by atoms with Gasteiger partial charge in [-0.3, -0.25) is 4.57 Å². The number of rotatable bonds is 2. The fourth-order valence-electron chi connectivity index (χ4n) is 11.7. The van der Waals surface area contributed by atoms with Crippen LogP contribution in [0.5, 0.6) is 11.5 Å². The molecule has 1 aliphatic heterocycles. The van der Waals surface area contributed by atoms with E-state index in [-0.39, 0.29) is 0 Å². The third-order valence-corrected chi connectivity index (χ3v) is 13.9. The van der Waals surface area contributed by atoms with Gasteiger partial charge in [0.15, 0.2) is 11.5 Å². The van der Waals surface area contributed by atoms with Gasteiger partial charge in [-0.25, -0.2) is 4.98 Å². The fourth-order valence-corrected chi connectivity index (χ4v) is 11.7. The minimum absolute atomic E-state index is 0.468. The van der Waals surface area contributed by atoms with Crippen LogP contribution in [0.1, 0.15) is 44.5 Å². The predicted molar refractivity (Wildman–Crippen MR) is 240 cm³/mol. The summed E-state index contributed by atoms with van der Waals surface area (Å²) in [6.45, 7) is 0. The molecule has 0 saturated heterocycles. The monoisotopic (exact) mass is 762 g/mol. The third-order valence-electron chi connectivity index (χ3n) is 13.9. The highest BCUT2D eigenvalue weighted by molar-refractivity contribution is 5.95. The molecule has 0 amide bonds. The lowest BCUT2D eigenvalue weighted by molar-refractivity contribution is 0.476. The van der Waals surface area contributed by atoms with Crippen LogP contribution in [0.2, 0.25) is 0 Å². The largest absolute Gasteiger partial charge is 0.453 e. The normalized spacial score (nSPS) is 14.7. The molecule has 14 rings (SSSR count). The van der Waals surface area contributed by atoms with Crippen molar-refractivity contribution in [2.24, 2.45) is 0 Å². The quantitative estimate of drug-likeness (QED) is 0.175. The lowest BCUT2D eigenvalue weighted by atomic mass is 9.52. The highest BCUT2D eigenvalue weighted by Crippen LogP contribution is 2.67. The van der Waals surface area contributed by atoms with Crippen LogP contribution in [0.3, 0.4) is 0 Å². The van der Waals surface area contributed by atoms with Crippen LogP contribution in [-0.2, 0) is 10.8 Å². The first-order chi connectivity index (χ1) is 29.8. The van der Waals surface area contributed by atoms with Crippen molar-refractivity contribution in [3.8, 4) is 62.0 Å². The molecule has 0 unspecified atom stereocenters. The van der Waals surface area contributed by atoms with E-state index in [1.807, 2.05) is 18.2 Å². The summed E-state index contributed by atoms with van der Waals surface area (Å²) in [6.07, 6.45) is 0. The molecule has 0 saturated carbocycles. The number of aromatic nitrogens is 2. The van der Waals surface area contributed by atoms with Crippen LogP contribution in [-0.4, -0.2) is 9.55 Å². The Morgan fingerprint density at radius 1 is 0.350 bits per heavy atom. The minimum atomic E-state index is -0.552. The van der Waals surface area contributed by atoms with E-state index in [4.69, 9.17) is 9.72 Å². The van der Waals surface area contributed by atoms with Crippen molar-refractivity contribution in [3.63, 3.8) is 0 Å². The Hall–Kier alpha value is -7.75. The van der Waals surface area contributed by atoms with Gasteiger partial charge >= 0.3 is 0 Å². The summed E-state index contributed by atoms with van der Waals surface area (Å²) in [5, 5.41) is 0. The minimum Gasteiger partial charge on any atom is -0.453 e.